The fourth-order valence-corrected chi connectivity index (χ4v) is 4.01. The molecule has 0 spiro atoms. The van der Waals surface area contributed by atoms with Gasteiger partial charge in [0, 0.05) is 25.7 Å². The molecule has 26 heavy (non-hydrogen) atoms. The minimum absolute atomic E-state index is 0.0595. The highest BCUT2D eigenvalue weighted by molar-refractivity contribution is 7.25. The van der Waals surface area contributed by atoms with Crippen molar-refractivity contribution in [2.75, 3.05) is 18.5 Å². The van der Waals surface area contributed by atoms with Crippen LogP contribution in [0.15, 0.2) is 47.3 Å². The Labute approximate surface area is 154 Å². The summed E-state index contributed by atoms with van der Waals surface area (Å²) in [5.74, 6) is 0.809. The number of thiophene rings is 1. The number of anilines is 1. The summed E-state index contributed by atoms with van der Waals surface area (Å²) in [4.78, 5) is 29.3. The maximum atomic E-state index is 13.1. The number of nitrogens with zero attached hydrogens (tertiary/aromatic N) is 5. The Morgan fingerprint density at radius 1 is 1.27 bits per heavy atom. The summed E-state index contributed by atoms with van der Waals surface area (Å²) in [6.45, 7) is 4.91. The highest BCUT2D eigenvalue weighted by Crippen LogP contribution is 2.34. The summed E-state index contributed by atoms with van der Waals surface area (Å²) in [6, 6.07) is 0. The molecule has 0 atom stereocenters. The van der Waals surface area contributed by atoms with Crippen LogP contribution >= 0.6 is 11.3 Å². The van der Waals surface area contributed by atoms with Gasteiger partial charge in [0.2, 0.25) is 0 Å². The Kier molecular flexibility index (Phi) is 4.16. The SMILES string of the molecule is CCN(C)c1ncnc2sc3c(=O)n(C4=CC=C(C)C=CC4)cnc3c12. The van der Waals surface area contributed by atoms with Crippen molar-refractivity contribution in [3.05, 3.63) is 52.9 Å². The quantitative estimate of drug-likeness (QED) is 0.709. The Balaban J connectivity index is 1.96. The molecule has 0 unspecified atom stereocenters. The summed E-state index contributed by atoms with van der Waals surface area (Å²) in [6.07, 6.45) is 12.0. The van der Waals surface area contributed by atoms with Gasteiger partial charge < -0.3 is 4.90 Å². The molecule has 0 aromatic carbocycles. The second-order valence-corrected chi connectivity index (χ2v) is 7.27. The van der Waals surface area contributed by atoms with Crippen LogP contribution in [0.1, 0.15) is 20.3 Å². The summed E-state index contributed by atoms with van der Waals surface area (Å²) in [5, 5.41) is 0.853. The maximum absolute atomic E-state index is 13.1. The Hall–Kier alpha value is -2.80. The lowest BCUT2D eigenvalue weighted by Gasteiger charge is -2.15. The molecule has 6 nitrogen and oxygen atoms in total. The second kappa shape index (κ2) is 6.49. The van der Waals surface area contributed by atoms with E-state index in [9.17, 15) is 4.79 Å². The number of fused-ring (bicyclic) bond motifs is 3. The van der Waals surface area contributed by atoms with Crippen LogP contribution in [0.2, 0.25) is 0 Å². The van der Waals surface area contributed by atoms with E-state index in [1.165, 1.54) is 11.3 Å². The van der Waals surface area contributed by atoms with Crippen LogP contribution in [0.5, 0.6) is 0 Å². The lowest BCUT2D eigenvalue weighted by atomic mass is 10.2. The fourth-order valence-electron chi connectivity index (χ4n) is 2.99. The van der Waals surface area contributed by atoms with Crippen LogP contribution in [0.4, 0.5) is 5.82 Å². The van der Waals surface area contributed by atoms with Gasteiger partial charge in [0.1, 0.15) is 33.5 Å². The van der Waals surface area contributed by atoms with Crippen molar-refractivity contribution in [3.8, 4) is 0 Å². The van der Waals surface area contributed by atoms with Gasteiger partial charge in [0.15, 0.2) is 0 Å². The Bertz CT molecular complexity index is 1150. The van der Waals surface area contributed by atoms with Gasteiger partial charge in [0.25, 0.3) is 5.56 Å². The van der Waals surface area contributed by atoms with E-state index >= 15 is 0 Å². The van der Waals surface area contributed by atoms with Crippen LogP contribution in [-0.4, -0.2) is 33.1 Å². The average Bonchev–Trinajstić information content (AvgIpc) is 2.91. The molecular weight excluding hydrogens is 346 g/mol. The number of aromatic nitrogens is 4. The van der Waals surface area contributed by atoms with Gasteiger partial charge in [-0.1, -0.05) is 23.8 Å². The van der Waals surface area contributed by atoms with E-state index in [4.69, 9.17) is 0 Å². The fraction of sp³-hybridized carbons (Fsp3) is 0.263. The van der Waals surface area contributed by atoms with E-state index < -0.39 is 0 Å². The van der Waals surface area contributed by atoms with Crippen molar-refractivity contribution < 1.29 is 0 Å². The zero-order chi connectivity index (χ0) is 18.3. The molecule has 3 aromatic heterocycles. The first-order valence-corrected chi connectivity index (χ1v) is 9.32. The zero-order valence-corrected chi connectivity index (χ0v) is 15.7. The molecule has 0 bridgehead atoms. The summed E-state index contributed by atoms with van der Waals surface area (Å²) in [5.41, 5.74) is 2.69. The van der Waals surface area contributed by atoms with Crippen LogP contribution in [-0.2, 0) is 0 Å². The Morgan fingerprint density at radius 3 is 2.92 bits per heavy atom. The first-order valence-electron chi connectivity index (χ1n) is 8.50. The summed E-state index contributed by atoms with van der Waals surface area (Å²) in [7, 11) is 1.98. The molecule has 0 fully saturated rings. The first kappa shape index (κ1) is 16.7. The molecule has 0 saturated heterocycles. The third-order valence-corrected chi connectivity index (χ3v) is 5.63. The van der Waals surface area contributed by atoms with Crippen LogP contribution < -0.4 is 10.5 Å². The van der Waals surface area contributed by atoms with Gasteiger partial charge in [0.05, 0.1) is 5.39 Å². The van der Waals surface area contributed by atoms with E-state index in [0.29, 0.717) is 16.6 Å². The van der Waals surface area contributed by atoms with Crippen molar-refractivity contribution in [1.29, 1.82) is 0 Å². The molecule has 1 aliphatic carbocycles. The van der Waals surface area contributed by atoms with Gasteiger partial charge >= 0.3 is 0 Å². The standard InChI is InChI=1S/C19H19N5OS/c1-4-23(3)17-14-15-16(26-18(14)21-10-20-17)19(25)24(11-22-15)13-7-5-6-12(2)8-9-13/h5-6,8-11H,4,7H2,1-3H3. The van der Waals surface area contributed by atoms with Crippen molar-refractivity contribution in [2.24, 2.45) is 0 Å². The van der Waals surface area contributed by atoms with Gasteiger partial charge in [-0.15, -0.1) is 11.3 Å². The molecule has 0 saturated carbocycles. The minimum atomic E-state index is -0.0595. The van der Waals surface area contributed by atoms with E-state index in [0.717, 1.165) is 33.8 Å². The second-order valence-electron chi connectivity index (χ2n) is 6.27. The number of allylic oxidation sites excluding steroid dienone is 6. The molecule has 7 heteroatoms. The van der Waals surface area contributed by atoms with E-state index in [2.05, 4.69) is 34.0 Å². The largest absolute Gasteiger partial charge is 0.359 e. The molecule has 0 N–H and O–H groups in total. The average molecular weight is 365 g/mol. The number of hydrogen-bond acceptors (Lipinski definition) is 6. The third kappa shape index (κ3) is 2.64. The van der Waals surface area contributed by atoms with E-state index in [-0.39, 0.29) is 5.56 Å². The normalized spacial score (nSPS) is 14.4. The lowest BCUT2D eigenvalue weighted by molar-refractivity contribution is 0.940. The molecule has 0 radical (unpaired) electrons. The molecule has 4 rings (SSSR count). The van der Waals surface area contributed by atoms with E-state index in [1.54, 1.807) is 17.2 Å². The molecular formula is C19H19N5OS. The van der Waals surface area contributed by atoms with Crippen molar-refractivity contribution >= 4 is 43.3 Å². The van der Waals surface area contributed by atoms with Crippen molar-refractivity contribution in [2.45, 2.75) is 20.3 Å². The van der Waals surface area contributed by atoms with Gasteiger partial charge in [-0.25, -0.2) is 15.0 Å². The molecule has 3 heterocycles. The van der Waals surface area contributed by atoms with Crippen molar-refractivity contribution in [1.82, 2.24) is 19.5 Å². The van der Waals surface area contributed by atoms with Crippen LogP contribution in [0, 0.1) is 0 Å². The highest BCUT2D eigenvalue weighted by atomic mass is 32.1. The monoisotopic (exact) mass is 365 g/mol. The maximum Gasteiger partial charge on any atom is 0.275 e. The van der Waals surface area contributed by atoms with Gasteiger partial charge in [-0.3, -0.25) is 9.36 Å². The summed E-state index contributed by atoms with van der Waals surface area (Å²) >= 11 is 1.38. The smallest absolute Gasteiger partial charge is 0.275 e. The third-order valence-electron chi connectivity index (χ3n) is 4.55. The molecule has 1 aliphatic rings. The van der Waals surface area contributed by atoms with E-state index in [1.807, 2.05) is 31.0 Å². The highest BCUT2D eigenvalue weighted by Gasteiger charge is 2.18. The summed E-state index contributed by atoms with van der Waals surface area (Å²) < 4.78 is 2.25. The van der Waals surface area contributed by atoms with Crippen molar-refractivity contribution in [3.63, 3.8) is 0 Å². The number of rotatable bonds is 3. The zero-order valence-electron chi connectivity index (χ0n) is 14.9. The molecule has 0 aliphatic heterocycles. The number of hydrogen-bond donors (Lipinski definition) is 0. The molecule has 3 aromatic rings. The predicted molar refractivity (Wildman–Crippen MR) is 108 cm³/mol. The van der Waals surface area contributed by atoms with Gasteiger partial charge in [-0.05, 0) is 19.9 Å². The minimum Gasteiger partial charge on any atom is -0.359 e. The Morgan fingerprint density at radius 2 is 2.12 bits per heavy atom. The molecule has 132 valence electrons. The first-order chi connectivity index (χ1) is 12.6. The van der Waals surface area contributed by atoms with Crippen LogP contribution in [0.3, 0.4) is 0 Å². The predicted octanol–water partition coefficient (Wildman–Crippen LogP) is 3.60. The topological polar surface area (TPSA) is 63.9 Å². The molecule has 0 amide bonds. The van der Waals surface area contributed by atoms with Gasteiger partial charge in [-0.2, -0.15) is 0 Å². The lowest BCUT2D eigenvalue weighted by Crippen LogP contribution is -2.19. The van der Waals surface area contributed by atoms with Crippen LogP contribution in [0.25, 0.3) is 26.1 Å².